The first-order chi connectivity index (χ1) is 22.6. The Hall–Kier alpha value is -1.64. The number of allylic oxidation sites excluding steroid dienone is 1. The first kappa shape index (κ1) is 35.7. The Morgan fingerprint density at radius 2 is 1.61 bits per heavy atom. The summed E-state index contributed by atoms with van der Waals surface area (Å²) in [6.07, 6.45) is -2.70. The molecule has 4 aliphatic carbocycles. The van der Waals surface area contributed by atoms with Gasteiger partial charge in [-0.3, -0.25) is 9.59 Å². The van der Waals surface area contributed by atoms with Gasteiger partial charge in [0.25, 0.3) is 0 Å². The molecule has 49 heavy (non-hydrogen) atoms. The molecule has 0 bridgehead atoms. The number of rotatable bonds is 4. The fourth-order valence-electron chi connectivity index (χ4n) is 12.5. The van der Waals surface area contributed by atoms with Crippen LogP contribution in [0.25, 0.3) is 0 Å². The number of hydrogen-bond acceptors (Lipinski definition) is 12. The number of aliphatic hydroxyl groups is 5. The number of aliphatic hydroxyl groups excluding tert-OH is 4. The molecule has 3 saturated carbocycles. The summed E-state index contributed by atoms with van der Waals surface area (Å²) >= 11 is 0. The number of ether oxygens (including phenoxy) is 5. The molecular formula is C37H56O12. The zero-order chi connectivity index (χ0) is 35.9. The van der Waals surface area contributed by atoms with Crippen LogP contribution in [0, 0.1) is 33.5 Å². The second kappa shape index (κ2) is 10.9. The maximum atomic E-state index is 14.6. The van der Waals surface area contributed by atoms with Gasteiger partial charge in [0.1, 0.15) is 35.9 Å². The van der Waals surface area contributed by atoms with Crippen LogP contribution in [-0.4, -0.2) is 110 Å². The summed E-state index contributed by atoms with van der Waals surface area (Å²) in [5.41, 5.74) is -6.82. The summed E-state index contributed by atoms with van der Waals surface area (Å²) in [6, 6.07) is 0. The molecular weight excluding hydrogens is 636 g/mol. The minimum atomic E-state index is -2.08. The molecule has 1 unspecified atom stereocenters. The van der Waals surface area contributed by atoms with Gasteiger partial charge in [0.15, 0.2) is 17.5 Å². The van der Waals surface area contributed by atoms with Gasteiger partial charge in [-0.2, -0.15) is 0 Å². The van der Waals surface area contributed by atoms with Crippen molar-refractivity contribution < 1.29 is 58.8 Å². The second-order valence-corrected chi connectivity index (χ2v) is 18.1. The van der Waals surface area contributed by atoms with E-state index in [2.05, 4.69) is 20.8 Å². The van der Waals surface area contributed by atoms with Crippen molar-refractivity contribution in [1.29, 1.82) is 0 Å². The van der Waals surface area contributed by atoms with Crippen LogP contribution in [0.5, 0.6) is 0 Å². The van der Waals surface area contributed by atoms with Crippen molar-refractivity contribution in [3.63, 3.8) is 0 Å². The Morgan fingerprint density at radius 3 is 2.24 bits per heavy atom. The maximum Gasteiger partial charge on any atom is 0.319 e. The van der Waals surface area contributed by atoms with Gasteiger partial charge in [-0.05, 0) is 93.8 Å². The highest BCUT2D eigenvalue weighted by Crippen LogP contribution is 2.78. The van der Waals surface area contributed by atoms with Crippen molar-refractivity contribution in [2.45, 2.75) is 166 Å². The fraction of sp³-hybridized carbons (Fsp3) is 0.892. The predicted molar refractivity (Wildman–Crippen MR) is 172 cm³/mol. The quantitative estimate of drug-likeness (QED) is 0.165. The third-order valence-corrected chi connectivity index (χ3v) is 14.9. The largest absolute Gasteiger partial charge is 0.459 e. The third-order valence-electron chi connectivity index (χ3n) is 14.9. The van der Waals surface area contributed by atoms with Gasteiger partial charge in [0.05, 0.1) is 24.4 Å². The van der Waals surface area contributed by atoms with E-state index < -0.39 is 93.3 Å². The highest BCUT2D eigenvalue weighted by Gasteiger charge is 2.90. The van der Waals surface area contributed by atoms with E-state index >= 15 is 0 Å². The van der Waals surface area contributed by atoms with Crippen molar-refractivity contribution in [3.8, 4) is 0 Å². The number of carbonyl (C=O) groups is 2. The van der Waals surface area contributed by atoms with E-state index in [0.29, 0.717) is 32.1 Å². The molecule has 3 aliphatic heterocycles. The van der Waals surface area contributed by atoms with Crippen LogP contribution in [0.4, 0.5) is 0 Å². The SMILES string of the molecule is CC(=O)O[C@H]1C[C@@]2(C)[C@@H]3CC[C@H]4C(C)(C)[C@@H](O[C@@H]5OC[C@@H](O)[C@H](O)[C@H]5O)CC[C@]4(C)C3=C[C@H](O)[C@@]23C(=O)O[C@@](C)(C2CCC(C)(C)O2)[C@@]13O. The smallest absolute Gasteiger partial charge is 0.319 e. The van der Waals surface area contributed by atoms with E-state index in [9.17, 15) is 35.1 Å². The maximum absolute atomic E-state index is 14.6. The van der Waals surface area contributed by atoms with E-state index in [1.54, 1.807) is 13.0 Å². The summed E-state index contributed by atoms with van der Waals surface area (Å²) in [7, 11) is 0. The average molecular weight is 693 g/mol. The number of cyclic esters (lactones) is 1. The summed E-state index contributed by atoms with van der Waals surface area (Å²) < 4.78 is 30.6. The van der Waals surface area contributed by atoms with Gasteiger partial charge in [-0.1, -0.05) is 39.3 Å². The van der Waals surface area contributed by atoms with Gasteiger partial charge in [-0.25, -0.2) is 0 Å². The number of esters is 2. The molecule has 3 saturated heterocycles. The highest BCUT2D eigenvalue weighted by atomic mass is 16.7. The van der Waals surface area contributed by atoms with Crippen LogP contribution in [0.15, 0.2) is 11.6 Å². The Labute approximate surface area is 288 Å². The third kappa shape index (κ3) is 4.38. The van der Waals surface area contributed by atoms with Gasteiger partial charge in [0, 0.05) is 6.92 Å². The Kier molecular flexibility index (Phi) is 7.98. The van der Waals surface area contributed by atoms with Crippen LogP contribution in [0.3, 0.4) is 0 Å². The van der Waals surface area contributed by atoms with Gasteiger partial charge in [-0.15, -0.1) is 0 Å². The lowest BCUT2D eigenvalue weighted by Gasteiger charge is -2.64. The van der Waals surface area contributed by atoms with Crippen LogP contribution < -0.4 is 0 Å². The molecule has 0 aromatic rings. The second-order valence-electron chi connectivity index (χ2n) is 18.1. The van der Waals surface area contributed by atoms with Crippen molar-refractivity contribution in [3.05, 3.63) is 11.6 Å². The number of fused-ring (bicyclic) bond motifs is 4. The standard InChI is InChI=1S/C37H56O12/c1-18(38)46-26-16-34(7)19-9-10-22-32(4,5)24(47-29-28(42)27(41)21(39)17-45-29)12-14-33(22,6)20(19)15-23(40)36(34)30(43)49-35(8,37(26,36)44)25-11-13-31(2,3)48-25/h15,19,21-29,39-42,44H,9-14,16-17H2,1-8H3/t19-,21-,22+,23+,24+,25?,26+,27+,28-,29+,33-,34+,35+,36-,37+/m1/s1. The van der Waals surface area contributed by atoms with Crippen molar-refractivity contribution in [2.24, 2.45) is 33.5 Å². The molecule has 0 amide bonds. The number of carbonyl (C=O) groups excluding carboxylic acids is 2. The Balaban J connectivity index is 1.27. The lowest BCUT2D eigenvalue weighted by atomic mass is 9.40. The van der Waals surface area contributed by atoms with E-state index in [0.717, 1.165) is 12.0 Å². The molecule has 0 aromatic heterocycles. The fourth-order valence-corrected chi connectivity index (χ4v) is 12.5. The summed E-state index contributed by atoms with van der Waals surface area (Å²) in [5.74, 6) is -1.43. The van der Waals surface area contributed by atoms with Crippen molar-refractivity contribution in [2.75, 3.05) is 6.61 Å². The van der Waals surface area contributed by atoms with Crippen molar-refractivity contribution >= 4 is 11.9 Å². The summed E-state index contributed by atoms with van der Waals surface area (Å²) in [6.45, 7) is 15.2. The van der Waals surface area contributed by atoms with Crippen molar-refractivity contribution in [1.82, 2.24) is 0 Å². The molecule has 7 rings (SSSR count). The zero-order valence-electron chi connectivity index (χ0n) is 30.1. The molecule has 3 heterocycles. The van der Waals surface area contributed by atoms with Gasteiger partial charge in [0.2, 0.25) is 0 Å². The molecule has 15 atom stereocenters. The summed E-state index contributed by atoms with van der Waals surface area (Å²) in [5, 5.41) is 56.5. The zero-order valence-corrected chi connectivity index (χ0v) is 30.1. The number of hydrogen-bond donors (Lipinski definition) is 5. The predicted octanol–water partition coefficient (Wildman–Crippen LogP) is 2.30. The monoisotopic (exact) mass is 692 g/mol. The Morgan fingerprint density at radius 1 is 0.918 bits per heavy atom. The minimum absolute atomic E-state index is 0.0711. The van der Waals surface area contributed by atoms with E-state index in [-0.39, 0.29) is 31.0 Å². The van der Waals surface area contributed by atoms with E-state index in [1.165, 1.54) is 6.92 Å². The normalized spacial score (nSPS) is 54.2. The molecule has 0 aromatic carbocycles. The Bertz CT molecular complexity index is 1430. The molecule has 12 nitrogen and oxygen atoms in total. The molecule has 0 radical (unpaired) electrons. The lowest BCUT2D eigenvalue weighted by molar-refractivity contribution is -0.302. The molecule has 5 N–H and O–H groups in total. The van der Waals surface area contributed by atoms with Crippen LogP contribution in [0.1, 0.15) is 100 Å². The first-order valence-corrected chi connectivity index (χ1v) is 18.1. The van der Waals surface area contributed by atoms with Gasteiger partial charge < -0.3 is 49.2 Å². The molecule has 276 valence electrons. The van der Waals surface area contributed by atoms with Crippen LogP contribution >= 0.6 is 0 Å². The molecule has 1 spiro atoms. The minimum Gasteiger partial charge on any atom is -0.459 e. The average Bonchev–Trinajstić information content (AvgIpc) is 3.54. The van der Waals surface area contributed by atoms with Gasteiger partial charge >= 0.3 is 11.9 Å². The molecule has 6 fully saturated rings. The first-order valence-electron chi connectivity index (χ1n) is 18.1. The highest BCUT2D eigenvalue weighted by molar-refractivity contribution is 5.87. The topological polar surface area (TPSA) is 181 Å². The van der Waals surface area contributed by atoms with E-state index in [1.807, 2.05) is 20.8 Å². The molecule has 12 heteroatoms. The summed E-state index contributed by atoms with van der Waals surface area (Å²) in [4.78, 5) is 27.2. The lowest BCUT2D eigenvalue weighted by Crippen LogP contribution is -2.72. The van der Waals surface area contributed by atoms with Crippen LogP contribution in [0.2, 0.25) is 0 Å². The van der Waals surface area contributed by atoms with E-state index in [4.69, 9.17) is 23.7 Å². The van der Waals surface area contributed by atoms with Crippen LogP contribution in [-0.2, 0) is 33.3 Å². The molecule has 7 aliphatic rings.